The maximum atomic E-state index is 12.1. The van der Waals surface area contributed by atoms with Crippen molar-refractivity contribution >= 4 is 47.5 Å². The molecule has 0 saturated heterocycles. The first-order valence-corrected chi connectivity index (χ1v) is 7.11. The number of nitrogens with one attached hydrogen (secondary N) is 1. The maximum absolute atomic E-state index is 12.1. The van der Waals surface area contributed by atoms with Gasteiger partial charge in [-0.05, 0) is 24.1 Å². The molecule has 0 heterocycles. The van der Waals surface area contributed by atoms with Gasteiger partial charge in [0.1, 0.15) is 6.04 Å². The van der Waals surface area contributed by atoms with Crippen molar-refractivity contribution in [3.8, 4) is 0 Å². The second-order valence-corrected chi connectivity index (χ2v) is 4.97. The van der Waals surface area contributed by atoms with Crippen molar-refractivity contribution in [2.45, 2.75) is 12.5 Å². The Morgan fingerprint density at radius 2 is 1.56 bits per heavy atom. The molecule has 2 aromatic rings. The van der Waals surface area contributed by atoms with Gasteiger partial charge in [-0.2, -0.15) is 0 Å². The van der Waals surface area contributed by atoms with Crippen molar-refractivity contribution in [1.29, 1.82) is 0 Å². The number of ether oxygens (including phenoxy) is 1. The number of carboxylic acid groups (broad SMARTS) is 1. The third kappa shape index (κ3) is 5.77. The summed E-state index contributed by atoms with van der Waals surface area (Å²) in [4.78, 5) is 35.3. The summed E-state index contributed by atoms with van der Waals surface area (Å²) in [5.74, 6) is 2.15. The molecule has 0 aliphatic carbocycles. The van der Waals surface area contributed by atoms with Crippen LogP contribution in [0.1, 0.15) is 26.3 Å². The van der Waals surface area contributed by atoms with Gasteiger partial charge in [-0.3, -0.25) is 5.84 Å². The van der Waals surface area contributed by atoms with Gasteiger partial charge in [-0.25, -0.2) is 19.8 Å². The van der Waals surface area contributed by atoms with Crippen LogP contribution in [0.4, 0.5) is 0 Å². The number of carboxylic acids is 1. The van der Waals surface area contributed by atoms with E-state index in [0.29, 0.717) is 0 Å². The van der Waals surface area contributed by atoms with Gasteiger partial charge in [0.15, 0.2) is 0 Å². The van der Waals surface area contributed by atoms with Crippen LogP contribution in [-0.4, -0.2) is 58.6 Å². The molecular weight excluding hydrogens is 335 g/mol. The second-order valence-electron chi connectivity index (χ2n) is 4.97. The van der Waals surface area contributed by atoms with Crippen molar-refractivity contribution in [2.24, 2.45) is 5.84 Å². The summed E-state index contributed by atoms with van der Waals surface area (Å²) in [5, 5.41) is 9.07. The van der Waals surface area contributed by atoms with Crippen molar-refractivity contribution in [3.05, 3.63) is 71.3 Å². The normalized spacial score (nSPS) is 11.1. The van der Waals surface area contributed by atoms with Crippen molar-refractivity contribution in [2.75, 3.05) is 0 Å². The molecule has 0 unspecified atom stereocenters. The molecule has 126 valence electrons. The summed E-state index contributed by atoms with van der Waals surface area (Å²) in [5.41, 5.74) is 2.69. The molecule has 0 spiro atoms. The zero-order valence-electron chi connectivity index (χ0n) is 12.6. The number of rotatable bonds is 6. The van der Waals surface area contributed by atoms with E-state index in [9.17, 15) is 14.4 Å². The molecule has 25 heavy (non-hydrogen) atoms. The molecule has 4 N–H and O–H groups in total. The zero-order chi connectivity index (χ0) is 17.5. The second kappa shape index (κ2) is 10.1. The van der Waals surface area contributed by atoms with Gasteiger partial charge in [0.2, 0.25) is 0 Å². The van der Waals surface area contributed by atoms with E-state index in [2.05, 4.69) is 5.43 Å². The number of carbonyl (C=O) groups excluding carboxylic acids is 2. The van der Waals surface area contributed by atoms with Crippen LogP contribution in [0.2, 0.25) is 0 Å². The fourth-order valence-electron chi connectivity index (χ4n) is 2.13. The van der Waals surface area contributed by atoms with Gasteiger partial charge in [0, 0.05) is 0 Å². The number of carbonyl (C=O) groups is 3. The number of hydrogen-bond acceptors (Lipinski definition) is 6. The summed E-state index contributed by atoms with van der Waals surface area (Å²) in [6, 6.07) is 13.6. The van der Waals surface area contributed by atoms with Gasteiger partial charge in [0.05, 0.1) is 11.1 Å². The van der Waals surface area contributed by atoms with Gasteiger partial charge in [-0.1, -0.05) is 42.5 Å². The van der Waals surface area contributed by atoms with Gasteiger partial charge in [-0.15, -0.1) is 0 Å². The summed E-state index contributed by atoms with van der Waals surface area (Å²) >= 11 is 0. The molecule has 1 atom stereocenters. The van der Waals surface area contributed by atoms with Crippen LogP contribution in [0.25, 0.3) is 0 Å². The minimum absolute atomic E-state index is 0. The Morgan fingerprint density at radius 1 is 1.00 bits per heavy atom. The molecule has 7 nitrogen and oxygen atoms in total. The third-order valence-corrected chi connectivity index (χ3v) is 3.34. The molecule has 0 amide bonds. The fraction of sp³-hybridized carbons (Fsp3) is 0.118. The molecular formula is C17H17N2NaO5. The molecule has 0 bridgehead atoms. The SMILES string of the molecule is NN[C@@H](Cc1ccccc1)C(=O)OC(=O)c1ccccc1C(=O)O.[NaH]. The van der Waals surface area contributed by atoms with Crippen LogP contribution in [0.5, 0.6) is 0 Å². The number of esters is 2. The minimum atomic E-state index is -1.28. The number of hydrazine groups is 1. The van der Waals surface area contributed by atoms with Gasteiger partial charge >= 0.3 is 47.5 Å². The average Bonchev–Trinajstić information content (AvgIpc) is 2.60. The number of hydrogen-bond donors (Lipinski definition) is 3. The summed E-state index contributed by atoms with van der Waals surface area (Å²) in [6.45, 7) is 0. The van der Waals surface area contributed by atoms with E-state index in [4.69, 9.17) is 15.7 Å². The predicted molar refractivity (Wildman–Crippen MR) is 92.2 cm³/mol. The monoisotopic (exact) mass is 352 g/mol. The Labute approximate surface area is 166 Å². The van der Waals surface area contributed by atoms with Crippen molar-refractivity contribution in [3.63, 3.8) is 0 Å². The molecule has 0 aromatic heterocycles. The first-order chi connectivity index (χ1) is 11.5. The van der Waals surface area contributed by atoms with Gasteiger partial charge < -0.3 is 9.84 Å². The molecule has 2 aromatic carbocycles. The van der Waals surface area contributed by atoms with E-state index >= 15 is 0 Å². The molecule has 0 fully saturated rings. The van der Waals surface area contributed by atoms with E-state index < -0.39 is 23.9 Å². The average molecular weight is 352 g/mol. The van der Waals surface area contributed by atoms with Crippen LogP contribution in [0, 0.1) is 0 Å². The van der Waals surface area contributed by atoms with Crippen LogP contribution in [0.3, 0.4) is 0 Å². The molecule has 0 aliphatic rings. The summed E-state index contributed by atoms with van der Waals surface area (Å²) in [7, 11) is 0. The number of aromatic carboxylic acids is 1. The Hall–Kier alpha value is -2.03. The third-order valence-electron chi connectivity index (χ3n) is 3.34. The molecule has 0 radical (unpaired) electrons. The molecule has 0 aliphatic heterocycles. The Morgan fingerprint density at radius 3 is 2.12 bits per heavy atom. The first-order valence-electron chi connectivity index (χ1n) is 7.11. The Balaban J connectivity index is 0.00000312. The first kappa shape index (κ1) is 21.0. The fourth-order valence-corrected chi connectivity index (χ4v) is 2.13. The summed E-state index contributed by atoms with van der Waals surface area (Å²) in [6.07, 6.45) is 0.226. The standard InChI is InChI=1S/C17H16N2O5.Na.H/c18-19-14(10-11-6-2-1-3-7-11)17(23)24-16(22)13-9-5-4-8-12(13)15(20)21;;/h1-9,14,19H,10,18H2,(H,20,21);;/t14-;;/m0../s1. The van der Waals surface area contributed by atoms with Crippen LogP contribution in [-0.2, 0) is 16.0 Å². The van der Waals surface area contributed by atoms with Crippen LogP contribution < -0.4 is 11.3 Å². The van der Waals surface area contributed by atoms with E-state index in [-0.39, 0.29) is 47.1 Å². The van der Waals surface area contributed by atoms with Gasteiger partial charge in [0.25, 0.3) is 0 Å². The number of nitrogens with two attached hydrogens (primary N) is 1. The van der Waals surface area contributed by atoms with Crippen LogP contribution in [0.15, 0.2) is 54.6 Å². The van der Waals surface area contributed by atoms with Crippen molar-refractivity contribution in [1.82, 2.24) is 5.43 Å². The zero-order valence-corrected chi connectivity index (χ0v) is 12.6. The molecule has 8 heteroatoms. The van der Waals surface area contributed by atoms with Crippen LogP contribution >= 0.6 is 0 Å². The molecule has 2 rings (SSSR count). The predicted octanol–water partition coefficient (Wildman–Crippen LogP) is 0.494. The van der Waals surface area contributed by atoms with E-state index in [0.717, 1.165) is 5.56 Å². The van der Waals surface area contributed by atoms with E-state index in [1.54, 1.807) is 12.1 Å². The van der Waals surface area contributed by atoms with E-state index in [1.165, 1.54) is 24.3 Å². The van der Waals surface area contributed by atoms with E-state index in [1.807, 2.05) is 18.2 Å². The quantitative estimate of drug-likeness (QED) is 0.228. The summed E-state index contributed by atoms with van der Waals surface area (Å²) < 4.78 is 4.77. The molecule has 0 saturated carbocycles. The number of benzene rings is 2. The Kier molecular flexibility index (Phi) is 8.47. The topological polar surface area (TPSA) is 119 Å². The Bertz CT molecular complexity index is 752. The van der Waals surface area contributed by atoms with Crippen molar-refractivity contribution < 1.29 is 24.2 Å².